The Morgan fingerprint density at radius 3 is 2.44 bits per heavy atom. The number of hydrogen-bond donors (Lipinski definition) is 1. The fourth-order valence-electron chi connectivity index (χ4n) is 3.71. The van der Waals surface area contributed by atoms with Crippen molar-refractivity contribution in [3.05, 3.63) is 71.4 Å². The Morgan fingerprint density at radius 1 is 1.00 bits per heavy atom. The second-order valence-corrected chi connectivity index (χ2v) is 7.66. The highest BCUT2D eigenvalue weighted by Crippen LogP contribution is 2.27. The van der Waals surface area contributed by atoms with Gasteiger partial charge in [-0.3, -0.25) is 4.90 Å². The third-order valence-electron chi connectivity index (χ3n) is 5.33. The summed E-state index contributed by atoms with van der Waals surface area (Å²) in [4.78, 5) is 2.42. The van der Waals surface area contributed by atoms with Crippen LogP contribution in [0.1, 0.15) is 29.5 Å². The number of likely N-dealkylation sites (tertiary alicyclic amines) is 1. The van der Waals surface area contributed by atoms with Gasteiger partial charge in [0.15, 0.2) is 0 Å². The van der Waals surface area contributed by atoms with Gasteiger partial charge in [-0.05, 0) is 44.9 Å². The molecule has 0 amide bonds. The van der Waals surface area contributed by atoms with Gasteiger partial charge in [-0.1, -0.05) is 41.5 Å². The van der Waals surface area contributed by atoms with Crippen LogP contribution in [0.25, 0.3) is 16.9 Å². The molecule has 2 aromatic carbocycles. The van der Waals surface area contributed by atoms with Crippen LogP contribution in [0.3, 0.4) is 0 Å². The van der Waals surface area contributed by atoms with Gasteiger partial charge in [-0.25, -0.2) is 4.68 Å². The molecule has 27 heavy (non-hydrogen) atoms. The molecule has 2 heterocycles. The highest BCUT2D eigenvalue weighted by Gasteiger charge is 2.20. The van der Waals surface area contributed by atoms with E-state index in [1.54, 1.807) is 0 Å². The summed E-state index contributed by atoms with van der Waals surface area (Å²) in [5.74, 6) is 0. The first-order valence-electron chi connectivity index (χ1n) is 9.71. The zero-order valence-electron chi connectivity index (χ0n) is 16.1. The van der Waals surface area contributed by atoms with Crippen molar-refractivity contribution in [2.75, 3.05) is 13.1 Å². The predicted molar refractivity (Wildman–Crippen MR) is 109 cm³/mol. The Bertz CT molecular complexity index is 906. The summed E-state index contributed by atoms with van der Waals surface area (Å²) in [6.07, 6.45) is 3.72. The Hall–Kier alpha value is -2.43. The van der Waals surface area contributed by atoms with Crippen LogP contribution in [0, 0.1) is 13.8 Å². The number of benzene rings is 2. The molecule has 1 aliphatic rings. The Morgan fingerprint density at radius 2 is 1.74 bits per heavy atom. The van der Waals surface area contributed by atoms with Crippen molar-refractivity contribution in [3.63, 3.8) is 0 Å². The normalized spacial score (nSPS) is 16.0. The van der Waals surface area contributed by atoms with Gasteiger partial charge in [0.2, 0.25) is 0 Å². The molecule has 1 fully saturated rings. The summed E-state index contributed by atoms with van der Waals surface area (Å²) in [6, 6.07) is 17.0. The number of hydrogen-bond acceptors (Lipinski definition) is 3. The van der Waals surface area contributed by atoms with Gasteiger partial charge in [-0.15, -0.1) is 0 Å². The highest BCUT2D eigenvalue weighted by atomic mass is 16.3. The maximum Gasteiger partial charge on any atom is 0.0972 e. The molecule has 1 aromatic heterocycles. The fraction of sp³-hybridized carbons (Fsp3) is 0.348. The van der Waals surface area contributed by atoms with Gasteiger partial charge < -0.3 is 5.11 Å². The first-order chi connectivity index (χ1) is 13.1. The van der Waals surface area contributed by atoms with Crippen molar-refractivity contribution >= 4 is 0 Å². The van der Waals surface area contributed by atoms with Crippen molar-refractivity contribution in [1.29, 1.82) is 0 Å². The van der Waals surface area contributed by atoms with Crippen LogP contribution < -0.4 is 0 Å². The largest absolute Gasteiger partial charge is 0.393 e. The van der Waals surface area contributed by atoms with E-state index in [0.717, 1.165) is 49.4 Å². The number of aliphatic hydroxyl groups excluding tert-OH is 1. The van der Waals surface area contributed by atoms with Gasteiger partial charge >= 0.3 is 0 Å². The molecule has 140 valence electrons. The van der Waals surface area contributed by atoms with Crippen molar-refractivity contribution in [1.82, 2.24) is 14.7 Å². The summed E-state index contributed by atoms with van der Waals surface area (Å²) in [7, 11) is 0. The van der Waals surface area contributed by atoms with E-state index in [1.165, 1.54) is 16.7 Å². The molecular formula is C23H27N3O. The summed E-state index contributed by atoms with van der Waals surface area (Å²) in [5, 5.41) is 14.7. The maximum atomic E-state index is 9.79. The first-order valence-corrected chi connectivity index (χ1v) is 9.71. The van der Waals surface area contributed by atoms with E-state index in [-0.39, 0.29) is 6.10 Å². The maximum absolute atomic E-state index is 9.79. The fourth-order valence-corrected chi connectivity index (χ4v) is 3.71. The van der Waals surface area contributed by atoms with E-state index in [9.17, 15) is 5.11 Å². The van der Waals surface area contributed by atoms with E-state index in [0.29, 0.717) is 0 Å². The summed E-state index contributed by atoms with van der Waals surface area (Å²) in [6.45, 7) is 6.95. The van der Waals surface area contributed by atoms with Gasteiger partial charge in [0.05, 0.1) is 17.5 Å². The Labute approximate surface area is 161 Å². The predicted octanol–water partition coefficient (Wildman–Crippen LogP) is 4.11. The second-order valence-electron chi connectivity index (χ2n) is 7.66. The van der Waals surface area contributed by atoms with Gasteiger partial charge in [-0.2, -0.15) is 5.10 Å². The van der Waals surface area contributed by atoms with E-state index in [4.69, 9.17) is 5.10 Å². The second kappa shape index (κ2) is 7.67. The van der Waals surface area contributed by atoms with Crippen LogP contribution >= 0.6 is 0 Å². The lowest BCUT2D eigenvalue weighted by Gasteiger charge is -2.29. The van der Waals surface area contributed by atoms with E-state index in [2.05, 4.69) is 73.5 Å². The van der Waals surface area contributed by atoms with Crippen LogP contribution in [0.15, 0.2) is 54.7 Å². The molecule has 0 saturated carbocycles. The number of piperidine rings is 1. The lowest BCUT2D eigenvalue weighted by Crippen LogP contribution is -2.35. The van der Waals surface area contributed by atoms with Crippen LogP contribution in [-0.2, 0) is 6.54 Å². The summed E-state index contributed by atoms with van der Waals surface area (Å²) in [5.41, 5.74) is 7.01. The number of aromatic nitrogens is 2. The average Bonchev–Trinajstić information content (AvgIpc) is 3.08. The number of nitrogens with zero attached hydrogens (tertiary/aromatic N) is 3. The molecule has 4 rings (SSSR count). The van der Waals surface area contributed by atoms with E-state index in [1.807, 2.05) is 4.68 Å². The Kier molecular flexibility index (Phi) is 5.10. The lowest BCUT2D eigenvalue weighted by atomic mass is 10.0. The number of aliphatic hydroxyl groups is 1. The van der Waals surface area contributed by atoms with Crippen LogP contribution in [0.5, 0.6) is 0 Å². The molecule has 4 heteroatoms. The molecule has 1 N–H and O–H groups in total. The van der Waals surface area contributed by atoms with Gasteiger partial charge in [0, 0.05) is 37.0 Å². The molecule has 3 aromatic rings. The molecule has 0 aliphatic carbocycles. The quantitative estimate of drug-likeness (QED) is 0.760. The zero-order valence-corrected chi connectivity index (χ0v) is 16.1. The lowest BCUT2D eigenvalue weighted by molar-refractivity contribution is 0.0793. The molecular weight excluding hydrogens is 334 g/mol. The minimum atomic E-state index is -0.146. The van der Waals surface area contributed by atoms with Crippen LogP contribution in [-0.4, -0.2) is 39.0 Å². The molecule has 1 saturated heterocycles. The van der Waals surface area contributed by atoms with E-state index < -0.39 is 0 Å². The van der Waals surface area contributed by atoms with Crippen LogP contribution in [0.2, 0.25) is 0 Å². The van der Waals surface area contributed by atoms with Crippen molar-refractivity contribution in [3.8, 4) is 16.9 Å². The van der Waals surface area contributed by atoms with Gasteiger partial charge in [0.1, 0.15) is 0 Å². The average molecular weight is 361 g/mol. The Balaban J connectivity index is 1.69. The van der Waals surface area contributed by atoms with Crippen molar-refractivity contribution in [2.45, 2.75) is 39.3 Å². The monoisotopic (exact) mass is 361 g/mol. The molecule has 4 nitrogen and oxygen atoms in total. The van der Waals surface area contributed by atoms with E-state index >= 15 is 0 Å². The summed E-state index contributed by atoms with van der Waals surface area (Å²) < 4.78 is 1.99. The number of rotatable bonds is 4. The molecule has 0 radical (unpaired) electrons. The van der Waals surface area contributed by atoms with Gasteiger partial charge in [0.25, 0.3) is 0 Å². The molecule has 0 bridgehead atoms. The number of aryl methyl sites for hydroxylation is 2. The first kappa shape index (κ1) is 18.0. The standard InChI is InChI=1S/C23H27N3O/c1-17-6-8-21(9-7-17)26-16-20(15-25-12-10-22(27)11-13-25)23(24-26)19-5-3-4-18(2)14-19/h3-9,14,16,22,27H,10-13,15H2,1-2H3. The van der Waals surface area contributed by atoms with Crippen molar-refractivity contribution in [2.24, 2.45) is 0 Å². The topological polar surface area (TPSA) is 41.3 Å². The molecule has 1 aliphatic heterocycles. The van der Waals surface area contributed by atoms with Crippen molar-refractivity contribution < 1.29 is 5.11 Å². The van der Waals surface area contributed by atoms with Crippen LogP contribution in [0.4, 0.5) is 0 Å². The molecule has 0 atom stereocenters. The summed E-state index contributed by atoms with van der Waals surface area (Å²) >= 11 is 0. The third-order valence-corrected chi connectivity index (χ3v) is 5.33. The third kappa shape index (κ3) is 4.12. The molecule has 0 spiro atoms. The highest BCUT2D eigenvalue weighted by molar-refractivity contribution is 5.64. The minimum Gasteiger partial charge on any atom is -0.393 e. The zero-order chi connectivity index (χ0) is 18.8. The smallest absolute Gasteiger partial charge is 0.0972 e. The SMILES string of the molecule is Cc1ccc(-n2cc(CN3CCC(O)CC3)c(-c3cccc(C)c3)n2)cc1. The minimum absolute atomic E-state index is 0.146. The molecule has 0 unspecified atom stereocenters.